The van der Waals surface area contributed by atoms with Gasteiger partial charge in [0.15, 0.2) is 0 Å². The van der Waals surface area contributed by atoms with E-state index in [0.717, 1.165) is 12.3 Å². The van der Waals surface area contributed by atoms with Crippen molar-refractivity contribution in [1.82, 2.24) is 4.90 Å². The highest BCUT2D eigenvalue weighted by Gasteiger charge is 2.63. The molecule has 0 N–H and O–H groups in total. The number of ether oxygens (including phenoxy) is 1. The van der Waals surface area contributed by atoms with Crippen LogP contribution in [0.5, 0.6) is 0 Å². The molecule has 0 spiro atoms. The molecule has 2 aliphatic carbocycles. The summed E-state index contributed by atoms with van der Waals surface area (Å²) in [6.45, 7) is 0.511. The van der Waals surface area contributed by atoms with Gasteiger partial charge in [-0.2, -0.15) is 0 Å². The molecule has 0 bridgehead atoms. The minimum absolute atomic E-state index is 0.0988. The number of benzene rings is 1. The van der Waals surface area contributed by atoms with Crippen molar-refractivity contribution in [2.24, 2.45) is 5.92 Å². The van der Waals surface area contributed by atoms with Gasteiger partial charge in [0.05, 0.1) is 11.6 Å². The lowest BCUT2D eigenvalue weighted by molar-refractivity contribution is 0.121. The van der Waals surface area contributed by atoms with Gasteiger partial charge in [0.2, 0.25) is 0 Å². The normalized spacial score (nSPS) is 36.8. The zero-order valence-electron chi connectivity index (χ0n) is 11.0. The maximum atomic E-state index is 12.2. The molecule has 0 aromatic heterocycles. The van der Waals surface area contributed by atoms with Crippen molar-refractivity contribution < 1.29 is 9.53 Å². The standard InChI is InChI=1S/C16H19NO2/c18-15-17(16-9-5-4-8-13(16)10-16)14(11-19-15)12-6-2-1-3-7-12/h1-3,6-7,13-14H,4-5,8-11H2/t13-,14-,16-/m0/s1. The van der Waals surface area contributed by atoms with Crippen LogP contribution >= 0.6 is 0 Å². The van der Waals surface area contributed by atoms with Crippen LogP contribution in [0.2, 0.25) is 0 Å². The predicted octanol–water partition coefficient (Wildman–Crippen LogP) is 3.51. The monoisotopic (exact) mass is 257 g/mol. The maximum absolute atomic E-state index is 12.2. The first-order chi connectivity index (χ1) is 9.31. The van der Waals surface area contributed by atoms with E-state index in [1.807, 2.05) is 18.2 Å². The quantitative estimate of drug-likeness (QED) is 0.811. The minimum Gasteiger partial charge on any atom is -0.447 e. The number of hydrogen-bond donors (Lipinski definition) is 0. The van der Waals surface area contributed by atoms with Gasteiger partial charge in [-0.1, -0.05) is 43.2 Å². The third-order valence-electron chi connectivity index (χ3n) is 5.15. The zero-order valence-corrected chi connectivity index (χ0v) is 11.0. The molecule has 19 heavy (non-hydrogen) atoms. The molecule has 1 aromatic rings. The summed E-state index contributed by atoms with van der Waals surface area (Å²) in [5.74, 6) is 0.720. The summed E-state index contributed by atoms with van der Waals surface area (Å²) in [5.41, 5.74) is 1.34. The zero-order chi connectivity index (χ0) is 12.9. The van der Waals surface area contributed by atoms with Gasteiger partial charge in [-0.3, -0.25) is 4.90 Å². The Morgan fingerprint density at radius 2 is 2.05 bits per heavy atom. The highest BCUT2D eigenvalue weighted by molar-refractivity contribution is 5.72. The summed E-state index contributed by atoms with van der Waals surface area (Å²) in [4.78, 5) is 14.3. The smallest absolute Gasteiger partial charge is 0.410 e. The second-order valence-electron chi connectivity index (χ2n) is 6.12. The predicted molar refractivity (Wildman–Crippen MR) is 71.7 cm³/mol. The fourth-order valence-electron chi connectivity index (χ4n) is 4.12. The Hall–Kier alpha value is -1.51. The largest absolute Gasteiger partial charge is 0.447 e. The molecule has 0 radical (unpaired) electrons. The van der Waals surface area contributed by atoms with Crippen LogP contribution in [0.4, 0.5) is 4.79 Å². The number of nitrogens with zero attached hydrogens (tertiary/aromatic N) is 1. The SMILES string of the molecule is O=C1OC[C@@H](c2ccccc2)N1[C@]12CCCC[C@H]1C2. The first kappa shape index (κ1) is 11.3. The van der Waals surface area contributed by atoms with Crippen molar-refractivity contribution in [2.45, 2.75) is 43.7 Å². The van der Waals surface area contributed by atoms with Gasteiger partial charge in [-0.15, -0.1) is 0 Å². The van der Waals surface area contributed by atoms with Crippen molar-refractivity contribution in [2.75, 3.05) is 6.61 Å². The van der Waals surface area contributed by atoms with E-state index in [1.165, 1.54) is 31.2 Å². The first-order valence-corrected chi connectivity index (χ1v) is 7.32. The third kappa shape index (κ3) is 1.60. The van der Waals surface area contributed by atoms with Crippen LogP contribution in [0.1, 0.15) is 43.7 Å². The van der Waals surface area contributed by atoms with E-state index in [9.17, 15) is 4.79 Å². The summed E-state index contributed by atoms with van der Waals surface area (Å²) in [7, 11) is 0. The lowest BCUT2D eigenvalue weighted by atomic mass is 9.92. The molecule has 3 fully saturated rings. The molecule has 3 atom stereocenters. The number of cyclic esters (lactones) is 1. The molecule has 3 nitrogen and oxygen atoms in total. The van der Waals surface area contributed by atoms with Crippen LogP contribution in [0.3, 0.4) is 0 Å². The minimum atomic E-state index is -0.0988. The van der Waals surface area contributed by atoms with Crippen LogP contribution in [0.25, 0.3) is 0 Å². The summed E-state index contributed by atoms with van der Waals surface area (Å²) in [6, 6.07) is 10.4. The second-order valence-corrected chi connectivity index (χ2v) is 6.12. The average molecular weight is 257 g/mol. The fourth-order valence-corrected chi connectivity index (χ4v) is 4.12. The van der Waals surface area contributed by atoms with Crippen LogP contribution in [0, 0.1) is 5.92 Å². The van der Waals surface area contributed by atoms with E-state index in [-0.39, 0.29) is 17.7 Å². The highest BCUT2D eigenvalue weighted by atomic mass is 16.6. The molecule has 0 unspecified atom stereocenters. The fraction of sp³-hybridized carbons (Fsp3) is 0.562. The van der Waals surface area contributed by atoms with E-state index < -0.39 is 0 Å². The Balaban J connectivity index is 1.67. The van der Waals surface area contributed by atoms with Crippen LogP contribution in [-0.4, -0.2) is 23.1 Å². The molecule has 100 valence electrons. The summed E-state index contributed by atoms with van der Waals surface area (Å²) < 4.78 is 5.36. The van der Waals surface area contributed by atoms with Gasteiger partial charge < -0.3 is 4.74 Å². The van der Waals surface area contributed by atoms with Gasteiger partial charge in [0.25, 0.3) is 0 Å². The van der Waals surface area contributed by atoms with Crippen LogP contribution < -0.4 is 0 Å². The lowest BCUT2D eigenvalue weighted by Crippen LogP contribution is -2.42. The van der Waals surface area contributed by atoms with E-state index >= 15 is 0 Å². The van der Waals surface area contributed by atoms with E-state index in [2.05, 4.69) is 17.0 Å². The molecular weight excluding hydrogens is 238 g/mol. The van der Waals surface area contributed by atoms with Crippen LogP contribution in [0.15, 0.2) is 30.3 Å². The molecule has 1 aliphatic heterocycles. The van der Waals surface area contributed by atoms with Gasteiger partial charge in [0.1, 0.15) is 6.61 Å². The molecule has 4 rings (SSSR count). The number of carbonyl (C=O) groups excluding carboxylic acids is 1. The molecule has 1 aromatic carbocycles. The Morgan fingerprint density at radius 1 is 1.21 bits per heavy atom. The van der Waals surface area contributed by atoms with Crippen LogP contribution in [-0.2, 0) is 4.74 Å². The van der Waals surface area contributed by atoms with Crippen molar-refractivity contribution in [3.05, 3.63) is 35.9 Å². The molecular formula is C16H19NO2. The van der Waals surface area contributed by atoms with Crippen molar-refractivity contribution >= 4 is 6.09 Å². The second kappa shape index (κ2) is 3.99. The molecule has 3 heteroatoms. The summed E-state index contributed by atoms with van der Waals surface area (Å²) >= 11 is 0. The van der Waals surface area contributed by atoms with Crippen molar-refractivity contribution in [3.8, 4) is 0 Å². The molecule has 3 aliphatic rings. The van der Waals surface area contributed by atoms with Crippen molar-refractivity contribution in [1.29, 1.82) is 0 Å². The third-order valence-corrected chi connectivity index (χ3v) is 5.15. The van der Waals surface area contributed by atoms with Gasteiger partial charge >= 0.3 is 6.09 Å². The topological polar surface area (TPSA) is 29.5 Å². The van der Waals surface area contributed by atoms with Gasteiger partial charge in [-0.05, 0) is 30.7 Å². The molecule has 1 saturated heterocycles. The number of amides is 1. The van der Waals surface area contributed by atoms with E-state index in [0.29, 0.717) is 6.61 Å². The molecule has 1 heterocycles. The van der Waals surface area contributed by atoms with Gasteiger partial charge in [0, 0.05) is 0 Å². The Labute approximate surface area is 113 Å². The van der Waals surface area contributed by atoms with E-state index in [1.54, 1.807) is 0 Å². The maximum Gasteiger partial charge on any atom is 0.410 e. The number of hydrogen-bond acceptors (Lipinski definition) is 2. The van der Waals surface area contributed by atoms with Gasteiger partial charge in [-0.25, -0.2) is 4.79 Å². The Morgan fingerprint density at radius 3 is 2.84 bits per heavy atom. The molecule has 1 amide bonds. The summed E-state index contributed by atoms with van der Waals surface area (Å²) in [5, 5.41) is 0. The average Bonchev–Trinajstić information content (AvgIpc) is 3.07. The van der Waals surface area contributed by atoms with Crippen molar-refractivity contribution in [3.63, 3.8) is 0 Å². The first-order valence-electron chi connectivity index (χ1n) is 7.32. The molecule has 2 saturated carbocycles. The lowest BCUT2D eigenvalue weighted by Gasteiger charge is -2.34. The summed E-state index contributed by atoms with van der Waals surface area (Å²) in [6.07, 6.45) is 6.11. The number of fused-ring (bicyclic) bond motifs is 1. The highest BCUT2D eigenvalue weighted by Crippen LogP contribution is 2.60. The van der Waals surface area contributed by atoms with E-state index in [4.69, 9.17) is 4.74 Å². The number of carbonyl (C=O) groups is 1. The number of rotatable bonds is 2. The Kier molecular flexibility index (Phi) is 2.38. The Bertz CT molecular complexity index is 501.